The zero-order valence-electron chi connectivity index (χ0n) is 17.8. The van der Waals surface area contributed by atoms with Gasteiger partial charge < -0.3 is 20.1 Å². The van der Waals surface area contributed by atoms with Crippen molar-refractivity contribution in [1.82, 2.24) is 0 Å². The predicted octanol–water partition coefficient (Wildman–Crippen LogP) is 4.80. The second kappa shape index (κ2) is 8.31. The SMILES string of the molecule is CN1CCOc2cc(C(=O)Nc3scc(C4CCc5ccccc5C4)c3C(=O)O)ccc21. The molecule has 0 radical (unpaired) electrons. The maximum Gasteiger partial charge on any atom is 0.339 e. The Morgan fingerprint density at radius 3 is 2.81 bits per heavy atom. The van der Waals surface area contributed by atoms with E-state index in [-0.39, 0.29) is 17.4 Å². The molecule has 32 heavy (non-hydrogen) atoms. The molecule has 1 amide bonds. The van der Waals surface area contributed by atoms with Gasteiger partial charge in [0, 0.05) is 12.6 Å². The molecule has 0 saturated carbocycles. The Labute approximate surface area is 190 Å². The number of hydrogen-bond donors (Lipinski definition) is 2. The molecule has 164 valence electrons. The number of aryl methyl sites for hydroxylation is 1. The van der Waals surface area contributed by atoms with Gasteiger partial charge in [-0.1, -0.05) is 24.3 Å². The molecule has 1 unspecified atom stereocenters. The standard InChI is InChI=1S/C25H24N2O4S/c1-27-10-11-31-21-13-18(8-9-20(21)27)23(28)26-24-22(25(29)30)19(14-32-24)17-7-6-15-4-2-3-5-16(15)12-17/h2-5,8-9,13-14,17H,6-7,10-12H2,1H3,(H,26,28)(H,29,30). The minimum atomic E-state index is -1.01. The largest absolute Gasteiger partial charge is 0.490 e. The fourth-order valence-electron chi connectivity index (χ4n) is 4.62. The third-order valence-electron chi connectivity index (χ3n) is 6.36. The van der Waals surface area contributed by atoms with Crippen molar-refractivity contribution in [1.29, 1.82) is 0 Å². The lowest BCUT2D eigenvalue weighted by atomic mass is 9.80. The van der Waals surface area contributed by atoms with Gasteiger partial charge in [0.25, 0.3) is 5.91 Å². The summed E-state index contributed by atoms with van der Waals surface area (Å²) in [6.45, 7) is 1.36. The Hall–Kier alpha value is -3.32. The number of carboxylic acids is 1. The van der Waals surface area contributed by atoms with E-state index in [1.54, 1.807) is 12.1 Å². The van der Waals surface area contributed by atoms with E-state index in [0.717, 1.165) is 37.1 Å². The number of nitrogens with one attached hydrogen (secondary N) is 1. The molecule has 0 bridgehead atoms. The van der Waals surface area contributed by atoms with E-state index in [9.17, 15) is 14.7 Å². The quantitative estimate of drug-likeness (QED) is 0.599. The number of benzene rings is 2. The van der Waals surface area contributed by atoms with Gasteiger partial charge in [0.2, 0.25) is 0 Å². The van der Waals surface area contributed by atoms with E-state index in [1.807, 2.05) is 30.6 Å². The monoisotopic (exact) mass is 448 g/mol. The van der Waals surface area contributed by atoms with Gasteiger partial charge in [-0.05, 0) is 65.4 Å². The Kier molecular flexibility index (Phi) is 5.35. The number of carbonyl (C=O) groups is 2. The first kappa shape index (κ1) is 20.6. The van der Waals surface area contributed by atoms with Crippen molar-refractivity contribution in [2.75, 3.05) is 30.4 Å². The molecule has 2 aromatic carbocycles. The maximum atomic E-state index is 12.9. The highest BCUT2D eigenvalue weighted by atomic mass is 32.1. The van der Waals surface area contributed by atoms with Crippen molar-refractivity contribution >= 4 is 33.9 Å². The molecule has 7 heteroatoms. The number of carboxylic acid groups (broad SMARTS) is 1. The van der Waals surface area contributed by atoms with Crippen LogP contribution in [0.1, 0.15) is 49.7 Å². The van der Waals surface area contributed by atoms with E-state index < -0.39 is 5.97 Å². The highest BCUT2D eigenvalue weighted by Gasteiger charge is 2.28. The van der Waals surface area contributed by atoms with Gasteiger partial charge in [0.15, 0.2) is 0 Å². The van der Waals surface area contributed by atoms with Gasteiger partial charge in [-0.15, -0.1) is 11.3 Å². The zero-order chi connectivity index (χ0) is 22.2. The third-order valence-corrected chi connectivity index (χ3v) is 7.28. The number of hydrogen-bond acceptors (Lipinski definition) is 5. The summed E-state index contributed by atoms with van der Waals surface area (Å²) >= 11 is 1.28. The molecule has 6 nitrogen and oxygen atoms in total. The Bertz CT molecular complexity index is 1200. The number of anilines is 2. The lowest BCUT2D eigenvalue weighted by molar-refractivity contribution is 0.0696. The van der Waals surface area contributed by atoms with Crippen molar-refractivity contribution in [2.45, 2.75) is 25.2 Å². The van der Waals surface area contributed by atoms with Crippen LogP contribution in [0.2, 0.25) is 0 Å². The summed E-state index contributed by atoms with van der Waals surface area (Å²) in [6, 6.07) is 13.7. The average Bonchev–Trinajstić information content (AvgIpc) is 3.22. The molecule has 5 rings (SSSR count). The summed E-state index contributed by atoms with van der Waals surface area (Å²) in [5.74, 6) is -0.552. The molecule has 1 aliphatic carbocycles. The minimum absolute atomic E-state index is 0.130. The second-order valence-corrected chi connectivity index (χ2v) is 9.20. The molecule has 3 aromatic rings. The van der Waals surface area contributed by atoms with Gasteiger partial charge in [-0.25, -0.2) is 4.79 Å². The molecule has 1 aliphatic heterocycles. The van der Waals surface area contributed by atoms with Crippen LogP contribution in [0.25, 0.3) is 0 Å². The van der Waals surface area contributed by atoms with Crippen molar-refractivity contribution in [2.24, 2.45) is 0 Å². The van der Waals surface area contributed by atoms with Crippen LogP contribution in [-0.2, 0) is 12.8 Å². The summed E-state index contributed by atoms with van der Waals surface area (Å²) in [5.41, 5.74) is 5.01. The minimum Gasteiger partial charge on any atom is -0.490 e. The van der Waals surface area contributed by atoms with E-state index in [4.69, 9.17) is 4.74 Å². The van der Waals surface area contributed by atoms with Crippen molar-refractivity contribution in [3.63, 3.8) is 0 Å². The normalized spacial score (nSPS) is 17.2. The Morgan fingerprint density at radius 2 is 2.00 bits per heavy atom. The van der Waals surface area contributed by atoms with Crippen LogP contribution in [0.5, 0.6) is 5.75 Å². The van der Waals surface area contributed by atoms with Gasteiger partial charge in [-0.2, -0.15) is 0 Å². The van der Waals surface area contributed by atoms with Crippen LogP contribution in [-0.4, -0.2) is 37.2 Å². The molecule has 1 atom stereocenters. The fourth-order valence-corrected chi connectivity index (χ4v) is 5.65. The Balaban J connectivity index is 1.40. The first-order valence-corrected chi connectivity index (χ1v) is 11.6. The third kappa shape index (κ3) is 3.73. The molecule has 2 aliphatic rings. The van der Waals surface area contributed by atoms with Gasteiger partial charge in [-0.3, -0.25) is 4.79 Å². The molecule has 0 saturated heterocycles. The first-order valence-electron chi connectivity index (χ1n) is 10.7. The number of likely N-dealkylation sites (N-methyl/N-ethyl adjacent to an activating group) is 1. The second-order valence-electron chi connectivity index (χ2n) is 8.32. The molecule has 2 N–H and O–H groups in total. The Morgan fingerprint density at radius 1 is 1.19 bits per heavy atom. The number of fused-ring (bicyclic) bond motifs is 2. The zero-order valence-corrected chi connectivity index (χ0v) is 18.6. The van der Waals surface area contributed by atoms with E-state index in [2.05, 4.69) is 22.3 Å². The highest BCUT2D eigenvalue weighted by Crippen LogP contribution is 2.40. The van der Waals surface area contributed by atoms with E-state index in [0.29, 0.717) is 22.9 Å². The summed E-state index contributed by atoms with van der Waals surface area (Å²) in [4.78, 5) is 27.2. The van der Waals surface area contributed by atoms with Crippen molar-refractivity contribution in [3.05, 3.63) is 75.7 Å². The van der Waals surface area contributed by atoms with Gasteiger partial charge >= 0.3 is 5.97 Å². The fraction of sp³-hybridized carbons (Fsp3) is 0.280. The smallest absolute Gasteiger partial charge is 0.339 e. The average molecular weight is 449 g/mol. The lowest BCUT2D eigenvalue weighted by Gasteiger charge is -2.27. The number of amides is 1. The van der Waals surface area contributed by atoms with Crippen molar-refractivity contribution < 1.29 is 19.4 Å². The number of nitrogens with zero attached hydrogens (tertiary/aromatic N) is 1. The van der Waals surface area contributed by atoms with Crippen LogP contribution in [0, 0.1) is 0 Å². The maximum absolute atomic E-state index is 12.9. The van der Waals surface area contributed by atoms with Crippen LogP contribution in [0.3, 0.4) is 0 Å². The number of thiophene rings is 1. The number of carbonyl (C=O) groups excluding carboxylic acids is 1. The van der Waals surface area contributed by atoms with Gasteiger partial charge in [0.1, 0.15) is 17.4 Å². The summed E-state index contributed by atoms with van der Waals surface area (Å²) in [5, 5.41) is 15.1. The lowest BCUT2D eigenvalue weighted by Crippen LogP contribution is -2.29. The predicted molar refractivity (Wildman–Crippen MR) is 126 cm³/mol. The molecule has 0 fully saturated rings. The van der Waals surface area contributed by atoms with Crippen LogP contribution in [0.4, 0.5) is 10.7 Å². The summed E-state index contributed by atoms with van der Waals surface area (Å²) in [7, 11) is 1.98. The van der Waals surface area contributed by atoms with E-state index >= 15 is 0 Å². The molecule has 1 aromatic heterocycles. The van der Waals surface area contributed by atoms with Crippen LogP contribution < -0.4 is 15.0 Å². The number of aromatic carboxylic acids is 1. The van der Waals surface area contributed by atoms with Gasteiger partial charge in [0.05, 0.1) is 17.8 Å². The van der Waals surface area contributed by atoms with E-state index in [1.165, 1.54) is 22.5 Å². The topological polar surface area (TPSA) is 78.9 Å². The van der Waals surface area contributed by atoms with Crippen LogP contribution >= 0.6 is 11.3 Å². The highest BCUT2D eigenvalue weighted by molar-refractivity contribution is 7.15. The number of rotatable bonds is 4. The molecule has 2 heterocycles. The molecular formula is C25H24N2O4S. The number of ether oxygens (including phenoxy) is 1. The first-order chi connectivity index (χ1) is 15.5. The molecule has 0 spiro atoms. The summed E-state index contributed by atoms with van der Waals surface area (Å²) < 4.78 is 5.70. The van der Waals surface area contributed by atoms with Crippen molar-refractivity contribution in [3.8, 4) is 5.75 Å². The molecular weight excluding hydrogens is 424 g/mol. The summed E-state index contributed by atoms with van der Waals surface area (Å²) in [6.07, 6.45) is 2.65. The van der Waals surface area contributed by atoms with Crippen LogP contribution in [0.15, 0.2) is 47.8 Å².